The fourth-order valence-electron chi connectivity index (χ4n) is 6.10. The van der Waals surface area contributed by atoms with Crippen LogP contribution in [0.5, 0.6) is 0 Å². The van der Waals surface area contributed by atoms with Crippen LogP contribution in [0, 0.1) is 17.7 Å². The molecule has 36 heavy (non-hydrogen) atoms. The van der Waals surface area contributed by atoms with Gasteiger partial charge in [-0.2, -0.15) is 0 Å². The fraction of sp³-hybridized carbons (Fsp3) is 0.419. The first-order valence-electron chi connectivity index (χ1n) is 13.3. The Morgan fingerprint density at radius 1 is 0.944 bits per heavy atom. The van der Waals surface area contributed by atoms with Gasteiger partial charge in [0.15, 0.2) is 0 Å². The summed E-state index contributed by atoms with van der Waals surface area (Å²) >= 11 is 5.94. The molecule has 0 N–H and O–H groups in total. The Bertz CT molecular complexity index is 1270. The summed E-state index contributed by atoms with van der Waals surface area (Å²) in [6.45, 7) is 4.86. The standard InChI is InChI=1S/C31H34ClFN2O/c32-28-8-7-27(30(33)19-28)21-35-15-11-23-5-6-25(18-31(23)35)22-9-13-34(14-10-22)20-26-4-2-1-3-24(26)17-29-12-16-36-29/h1-8,11,15,18-19,22,24,26,29H,9-10,12-14,16-17,20-21H2/t24-,26?,29?/m1/s1. The number of likely N-dealkylation sites (tertiary alicyclic amines) is 1. The van der Waals surface area contributed by atoms with Crippen LogP contribution in [-0.4, -0.2) is 41.8 Å². The molecule has 3 aliphatic rings. The second kappa shape index (κ2) is 10.5. The Morgan fingerprint density at radius 3 is 2.50 bits per heavy atom. The summed E-state index contributed by atoms with van der Waals surface area (Å²) in [5, 5.41) is 1.63. The Kier molecular flexibility index (Phi) is 7.01. The zero-order chi connectivity index (χ0) is 24.5. The molecule has 188 valence electrons. The van der Waals surface area contributed by atoms with Crippen molar-refractivity contribution in [2.75, 3.05) is 26.2 Å². The summed E-state index contributed by atoms with van der Waals surface area (Å²) in [5.41, 5.74) is 3.23. The van der Waals surface area contributed by atoms with Gasteiger partial charge in [0.1, 0.15) is 5.82 Å². The molecule has 0 amide bonds. The summed E-state index contributed by atoms with van der Waals surface area (Å²) in [7, 11) is 0. The van der Waals surface area contributed by atoms with Crippen LogP contribution < -0.4 is 0 Å². The van der Waals surface area contributed by atoms with Crippen LogP contribution in [0.4, 0.5) is 4.39 Å². The molecule has 2 saturated heterocycles. The van der Waals surface area contributed by atoms with Gasteiger partial charge in [-0.05, 0) is 91.7 Å². The molecule has 2 aliphatic heterocycles. The van der Waals surface area contributed by atoms with E-state index in [0.717, 1.165) is 32.7 Å². The fourth-order valence-corrected chi connectivity index (χ4v) is 6.25. The lowest BCUT2D eigenvalue weighted by molar-refractivity contribution is -0.0628. The van der Waals surface area contributed by atoms with Gasteiger partial charge in [0.2, 0.25) is 0 Å². The smallest absolute Gasteiger partial charge is 0.129 e. The third-order valence-electron chi connectivity index (χ3n) is 8.39. The third-order valence-corrected chi connectivity index (χ3v) is 8.62. The van der Waals surface area contributed by atoms with Gasteiger partial charge in [-0.25, -0.2) is 4.39 Å². The van der Waals surface area contributed by atoms with E-state index in [-0.39, 0.29) is 5.82 Å². The van der Waals surface area contributed by atoms with Crippen LogP contribution in [-0.2, 0) is 11.3 Å². The maximum atomic E-state index is 14.4. The highest BCUT2D eigenvalue weighted by molar-refractivity contribution is 6.30. The van der Waals surface area contributed by atoms with Crippen molar-refractivity contribution in [1.82, 2.24) is 9.47 Å². The first-order valence-corrected chi connectivity index (χ1v) is 13.7. The molecule has 2 fully saturated rings. The van der Waals surface area contributed by atoms with Gasteiger partial charge in [0.05, 0.1) is 12.6 Å². The number of fused-ring (bicyclic) bond motifs is 1. The molecule has 3 atom stereocenters. The summed E-state index contributed by atoms with van der Waals surface area (Å²) < 4.78 is 22.3. The minimum Gasteiger partial charge on any atom is -0.378 e. The van der Waals surface area contributed by atoms with E-state index in [9.17, 15) is 4.39 Å². The zero-order valence-electron chi connectivity index (χ0n) is 20.7. The molecular formula is C31H34ClFN2O. The molecule has 1 aliphatic carbocycles. The lowest BCUT2D eigenvalue weighted by Crippen LogP contribution is -2.39. The molecule has 1 aromatic heterocycles. The predicted molar refractivity (Wildman–Crippen MR) is 145 cm³/mol. The predicted octanol–water partition coefficient (Wildman–Crippen LogP) is 7.20. The number of piperidine rings is 1. The van der Waals surface area contributed by atoms with Crippen LogP contribution in [0.25, 0.3) is 10.9 Å². The molecular weight excluding hydrogens is 471 g/mol. The number of hydrogen-bond acceptors (Lipinski definition) is 2. The molecule has 0 spiro atoms. The third kappa shape index (κ3) is 5.18. The quantitative estimate of drug-likeness (QED) is 0.338. The summed E-state index contributed by atoms with van der Waals surface area (Å²) in [6, 6.07) is 13.9. The molecule has 5 heteroatoms. The number of halogens is 2. The number of rotatable bonds is 7. The highest BCUT2D eigenvalue weighted by Gasteiger charge is 2.29. The molecule has 3 heterocycles. The number of aromatic nitrogens is 1. The number of nitrogens with zero attached hydrogens (tertiary/aromatic N) is 2. The topological polar surface area (TPSA) is 17.4 Å². The van der Waals surface area contributed by atoms with Crippen LogP contribution in [0.3, 0.4) is 0 Å². The highest BCUT2D eigenvalue weighted by Crippen LogP contribution is 2.34. The minimum absolute atomic E-state index is 0.251. The van der Waals surface area contributed by atoms with Crippen molar-refractivity contribution in [1.29, 1.82) is 0 Å². The lowest BCUT2D eigenvalue weighted by atomic mass is 9.82. The molecule has 3 nitrogen and oxygen atoms in total. The molecule has 6 rings (SSSR count). The molecule has 2 aromatic carbocycles. The Labute approximate surface area is 218 Å². The number of hydrogen-bond donors (Lipinski definition) is 0. The average molecular weight is 505 g/mol. The summed E-state index contributed by atoms with van der Waals surface area (Å²) in [6.07, 6.45) is 16.5. The van der Waals surface area contributed by atoms with Crippen LogP contribution in [0.15, 0.2) is 73.0 Å². The van der Waals surface area contributed by atoms with Gasteiger partial charge in [-0.15, -0.1) is 0 Å². The first kappa shape index (κ1) is 24.0. The monoisotopic (exact) mass is 504 g/mol. The largest absolute Gasteiger partial charge is 0.378 e. The Balaban J connectivity index is 1.10. The van der Waals surface area contributed by atoms with Crippen molar-refractivity contribution >= 4 is 22.5 Å². The van der Waals surface area contributed by atoms with E-state index in [1.165, 1.54) is 41.8 Å². The van der Waals surface area contributed by atoms with E-state index >= 15 is 0 Å². The molecule has 3 aromatic rings. The van der Waals surface area contributed by atoms with E-state index in [0.29, 0.717) is 41.0 Å². The van der Waals surface area contributed by atoms with Crippen molar-refractivity contribution in [2.24, 2.45) is 11.8 Å². The number of benzene rings is 2. The van der Waals surface area contributed by atoms with Crippen molar-refractivity contribution in [3.05, 3.63) is 94.9 Å². The van der Waals surface area contributed by atoms with Gasteiger partial charge in [-0.1, -0.05) is 54.1 Å². The van der Waals surface area contributed by atoms with Crippen molar-refractivity contribution < 1.29 is 9.13 Å². The van der Waals surface area contributed by atoms with Crippen molar-refractivity contribution in [3.63, 3.8) is 0 Å². The lowest BCUT2D eigenvalue weighted by Gasteiger charge is -2.37. The summed E-state index contributed by atoms with van der Waals surface area (Å²) in [5.74, 6) is 1.50. The van der Waals surface area contributed by atoms with Crippen LogP contribution in [0.1, 0.15) is 42.7 Å². The molecule has 0 saturated carbocycles. The van der Waals surface area contributed by atoms with E-state index in [2.05, 4.69) is 64.2 Å². The second-order valence-electron chi connectivity index (χ2n) is 10.7. The number of ether oxygens (including phenoxy) is 1. The zero-order valence-corrected chi connectivity index (χ0v) is 21.4. The SMILES string of the molecule is Fc1cc(Cl)ccc1Cn1ccc2ccc(C3CCN(CC4C=CC=C[C@@H]4CC4CCO4)CC3)cc21. The van der Waals surface area contributed by atoms with Crippen molar-refractivity contribution in [3.8, 4) is 0 Å². The first-order chi connectivity index (χ1) is 17.6. The normalized spacial score (nSPS) is 24.9. The second-order valence-corrected chi connectivity index (χ2v) is 11.1. The van der Waals surface area contributed by atoms with E-state index < -0.39 is 0 Å². The maximum absolute atomic E-state index is 14.4. The molecule has 2 unspecified atom stereocenters. The van der Waals surface area contributed by atoms with E-state index in [1.54, 1.807) is 12.1 Å². The van der Waals surface area contributed by atoms with Gasteiger partial charge in [-0.3, -0.25) is 0 Å². The van der Waals surface area contributed by atoms with Gasteiger partial charge in [0.25, 0.3) is 0 Å². The van der Waals surface area contributed by atoms with Gasteiger partial charge >= 0.3 is 0 Å². The number of allylic oxidation sites excluding steroid dienone is 3. The highest BCUT2D eigenvalue weighted by atomic mass is 35.5. The van der Waals surface area contributed by atoms with E-state index in [4.69, 9.17) is 16.3 Å². The van der Waals surface area contributed by atoms with Gasteiger partial charge in [0, 0.05) is 35.5 Å². The average Bonchev–Trinajstić information content (AvgIpc) is 3.26. The molecule has 0 bridgehead atoms. The Hall–Kier alpha value is -2.40. The van der Waals surface area contributed by atoms with Crippen LogP contribution >= 0.6 is 11.6 Å². The summed E-state index contributed by atoms with van der Waals surface area (Å²) in [4.78, 5) is 2.66. The van der Waals surface area contributed by atoms with Crippen molar-refractivity contribution in [2.45, 2.75) is 44.2 Å². The minimum atomic E-state index is -0.251. The molecule has 0 radical (unpaired) electrons. The maximum Gasteiger partial charge on any atom is 0.129 e. The Morgan fingerprint density at radius 2 is 1.75 bits per heavy atom. The van der Waals surface area contributed by atoms with Crippen LogP contribution in [0.2, 0.25) is 5.02 Å². The van der Waals surface area contributed by atoms with Gasteiger partial charge < -0.3 is 14.2 Å². The van der Waals surface area contributed by atoms with E-state index in [1.807, 2.05) is 0 Å².